The van der Waals surface area contributed by atoms with E-state index >= 15 is 0 Å². The molecule has 0 aromatic rings. The number of hydrogen-bond donors (Lipinski definition) is 8. The summed E-state index contributed by atoms with van der Waals surface area (Å²) in [4.78, 5) is 23.2. The molecule has 0 aliphatic carbocycles. The maximum absolute atomic E-state index is 12.0. The molecular weight excluding hydrogens is 398 g/mol. The van der Waals surface area contributed by atoms with Gasteiger partial charge in [0.05, 0.1) is 6.61 Å². The summed E-state index contributed by atoms with van der Waals surface area (Å²) in [7, 11) is 0. The van der Waals surface area contributed by atoms with E-state index in [1.54, 1.807) is 6.92 Å². The first-order valence-electron chi connectivity index (χ1n) is 9.12. The number of aliphatic hydroxyl groups is 6. The molecule has 2 saturated heterocycles. The van der Waals surface area contributed by atoms with Crippen LogP contribution in [0.3, 0.4) is 0 Å². The molecule has 2 rings (SSSR count). The maximum atomic E-state index is 12.0. The number of aliphatic carboxylic acids is 1. The number of rotatable bonds is 7. The quantitative estimate of drug-likeness (QED) is 0.194. The van der Waals surface area contributed by atoms with E-state index in [1.807, 2.05) is 0 Å². The van der Waals surface area contributed by atoms with E-state index in [1.165, 1.54) is 0 Å². The van der Waals surface area contributed by atoms with Gasteiger partial charge in [-0.05, 0) is 6.42 Å². The van der Waals surface area contributed by atoms with Crippen LogP contribution < -0.4 is 5.32 Å². The molecule has 0 radical (unpaired) electrons. The minimum absolute atomic E-state index is 0.0873. The molecule has 2 fully saturated rings. The predicted octanol–water partition coefficient (Wildman–Crippen LogP) is -4.38. The molecule has 10 atom stereocenters. The number of aliphatic hydroxyl groups excluding tert-OH is 6. The van der Waals surface area contributed by atoms with E-state index in [0.29, 0.717) is 6.42 Å². The van der Waals surface area contributed by atoms with E-state index in [0.717, 1.165) is 0 Å². The molecule has 168 valence electrons. The summed E-state index contributed by atoms with van der Waals surface area (Å²) >= 11 is 0. The number of carbonyl (C=O) groups is 2. The Balaban J connectivity index is 2.25. The molecule has 29 heavy (non-hydrogen) atoms. The van der Waals surface area contributed by atoms with Gasteiger partial charge in [-0.3, -0.25) is 4.79 Å². The zero-order chi connectivity index (χ0) is 21.9. The van der Waals surface area contributed by atoms with Crippen LogP contribution in [0, 0.1) is 0 Å². The molecule has 13 heteroatoms. The lowest BCUT2D eigenvalue weighted by Gasteiger charge is -2.46. The Kier molecular flexibility index (Phi) is 8.28. The Morgan fingerprint density at radius 1 is 1.00 bits per heavy atom. The molecular formula is C16H27NO12. The molecule has 0 aromatic carbocycles. The summed E-state index contributed by atoms with van der Waals surface area (Å²) in [5.74, 6) is -2.14. The highest BCUT2D eigenvalue weighted by atomic mass is 16.7. The van der Waals surface area contributed by atoms with Gasteiger partial charge in [-0.1, -0.05) is 6.92 Å². The Bertz CT molecular complexity index is 576. The van der Waals surface area contributed by atoms with Crippen molar-refractivity contribution < 1.29 is 59.5 Å². The summed E-state index contributed by atoms with van der Waals surface area (Å²) < 4.78 is 15.5. The van der Waals surface area contributed by atoms with Crippen LogP contribution in [-0.4, -0.2) is 116 Å². The van der Waals surface area contributed by atoms with Gasteiger partial charge in [0.2, 0.25) is 5.91 Å². The third-order valence-corrected chi connectivity index (χ3v) is 4.78. The third-order valence-electron chi connectivity index (χ3n) is 4.78. The van der Waals surface area contributed by atoms with Gasteiger partial charge in [0.15, 0.2) is 18.7 Å². The molecule has 2 heterocycles. The molecule has 0 aromatic heterocycles. The maximum Gasteiger partial charge on any atom is 0.335 e. The summed E-state index contributed by atoms with van der Waals surface area (Å²) in [6, 6.07) is -1.37. The standard InChI is InChI=1S/C16H27NO12/c1-2-3-6(19)17-7-12(8(20)5(4-18)27-15(7)26)28-16-11(23)9(21)10(22)13(29-16)14(24)25/h5,7-13,15-16,18,20-23,26H,2-4H2,1H3,(H,17,19)(H,24,25)/t5-,7-,8+,9+,10+,11-,12-,13+,15-,16-/m1/s1. The zero-order valence-electron chi connectivity index (χ0n) is 15.6. The van der Waals surface area contributed by atoms with Crippen molar-refractivity contribution in [3.63, 3.8) is 0 Å². The number of carbonyl (C=O) groups excluding carboxylic acids is 1. The average Bonchev–Trinajstić information content (AvgIpc) is 2.66. The van der Waals surface area contributed by atoms with Gasteiger partial charge in [0.1, 0.15) is 42.7 Å². The highest BCUT2D eigenvalue weighted by Crippen LogP contribution is 2.28. The Hall–Kier alpha value is -1.42. The van der Waals surface area contributed by atoms with E-state index in [4.69, 9.17) is 19.3 Å². The molecule has 0 unspecified atom stereocenters. The number of ether oxygens (including phenoxy) is 3. The third kappa shape index (κ3) is 5.20. The predicted molar refractivity (Wildman–Crippen MR) is 90.0 cm³/mol. The Morgan fingerprint density at radius 3 is 2.21 bits per heavy atom. The van der Waals surface area contributed by atoms with Gasteiger partial charge in [-0.15, -0.1) is 0 Å². The number of carboxylic acid groups (broad SMARTS) is 1. The minimum atomic E-state index is -1.95. The van der Waals surface area contributed by atoms with Crippen molar-refractivity contribution >= 4 is 11.9 Å². The van der Waals surface area contributed by atoms with Crippen LogP contribution in [-0.2, 0) is 23.8 Å². The lowest BCUT2D eigenvalue weighted by molar-refractivity contribution is -0.336. The molecule has 2 aliphatic rings. The van der Waals surface area contributed by atoms with Crippen molar-refractivity contribution in [2.75, 3.05) is 6.61 Å². The van der Waals surface area contributed by atoms with Crippen LogP contribution in [0.5, 0.6) is 0 Å². The Morgan fingerprint density at radius 2 is 1.66 bits per heavy atom. The van der Waals surface area contributed by atoms with Crippen LogP contribution >= 0.6 is 0 Å². The summed E-state index contributed by atoms with van der Waals surface area (Å²) in [5, 5.41) is 71.2. The van der Waals surface area contributed by atoms with E-state index < -0.39 is 79.8 Å². The molecule has 1 amide bonds. The number of carboxylic acids is 1. The SMILES string of the molecule is CCCC(=O)N[C@@H]1[C@@H](O[C@@H]2O[C@H](C(=O)O)[C@@H](O)[C@H](O)[C@H]2O)[C@@H](O)[C@@H](CO)O[C@H]1O. The average molecular weight is 425 g/mol. The van der Waals surface area contributed by atoms with Gasteiger partial charge in [0.25, 0.3) is 0 Å². The van der Waals surface area contributed by atoms with Crippen LogP contribution in [0.1, 0.15) is 19.8 Å². The van der Waals surface area contributed by atoms with Crippen molar-refractivity contribution in [3.8, 4) is 0 Å². The van der Waals surface area contributed by atoms with Crippen molar-refractivity contribution in [2.24, 2.45) is 0 Å². The molecule has 0 saturated carbocycles. The fourth-order valence-corrected chi connectivity index (χ4v) is 3.20. The van der Waals surface area contributed by atoms with Gasteiger partial charge >= 0.3 is 5.97 Å². The molecule has 8 N–H and O–H groups in total. The number of amides is 1. The highest BCUT2D eigenvalue weighted by Gasteiger charge is 2.52. The van der Waals surface area contributed by atoms with Crippen LogP contribution in [0.25, 0.3) is 0 Å². The first-order chi connectivity index (χ1) is 13.6. The molecule has 0 spiro atoms. The Labute approximate surface area is 165 Å². The topological polar surface area (TPSA) is 215 Å². The summed E-state index contributed by atoms with van der Waals surface area (Å²) in [6.07, 6.45) is -15.2. The molecule has 0 bridgehead atoms. The highest BCUT2D eigenvalue weighted by molar-refractivity contribution is 5.76. The van der Waals surface area contributed by atoms with E-state index in [2.05, 4.69) is 5.32 Å². The second kappa shape index (κ2) is 10.1. The van der Waals surface area contributed by atoms with Crippen molar-refractivity contribution in [3.05, 3.63) is 0 Å². The largest absolute Gasteiger partial charge is 0.479 e. The fraction of sp³-hybridized carbons (Fsp3) is 0.875. The second-order valence-electron chi connectivity index (χ2n) is 6.92. The van der Waals surface area contributed by atoms with E-state index in [-0.39, 0.29) is 6.42 Å². The number of nitrogens with one attached hydrogen (secondary N) is 1. The lowest BCUT2D eigenvalue weighted by Crippen LogP contribution is -2.68. The van der Waals surface area contributed by atoms with Crippen LogP contribution in [0.15, 0.2) is 0 Å². The van der Waals surface area contributed by atoms with Crippen molar-refractivity contribution in [1.29, 1.82) is 0 Å². The summed E-state index contributed by atoms with van der Waals surface area (Å²) in [5.41, 5.74) is 0. The smallest absolute Gasteiger partial charge is 0.335 e. The normalized spacial score (nSPS) is 43.0. The van der Waals surface area contributed by atoms with Crippen molar-refractivity contribution in [2.45, 2.75) is 81.1 Å². The monoisotopic (exact) mass is 425 g/mol. The zero-order valence-corrected chi connectivity index (χ0v) is 15.6. The van der Waals surface area contributed by atoms with Gasteiger partial charge in [-0.25, -0.2) is 4.79 Å². The number of hydrogen-bond acceptors (Lipinski definition) is 11. The first kappa shape index (κ1) is 23.9. The molecule has 13 nitrogen and oxygen atoms in total. The van der Waals surface area contributed by atoms with Crippen LogP contribution in [0.2, 0.25) is 0 Å². The van der Waals surface area contributed by atoms with Crippen molar-refractivity contribution in [1.82, 2.24) is 5.32 Å². The first-order valence-corrected chi connectivity index (χ1v) is 9.12. The second-order valence-corrected chi connectivity index (χ2v) is 6.92. The fourth-order valence-electron chi connectivity index (χ4n) is 3.20. The van der Waals surface area contributed by atoms with Gasteiger partial charge in [0, 0.05) is 6.42 Å². The molecule has 2 aliphatic heterocycles. The summed E-state index contributed by atoms with van der Waals surface area (Å²) in [6.45, 7) is 1.02. The van der Waals surface area contributed by atoms with Crippen LogP contribution in [0.4, 0.5) is 0 Å². The van der Waals surface area contributed by atoms with Gasteiger partial charge in [-0.2, -0.15) is 0 Å². The lowest BCUT2D eigenvalue weighted by atomic mass is 9.95. The minimum Gasteiger partial charge on any atom is -0.479 e. The van der Waals surface area contributed by atoms with Gasteiger partial charge < -0.3 is 55.3 Å². The van der Waals surface area contributed by atoms with E-state index in [9.17, 15) is 40.2 Å².